The number of amides is 1. The van der Waals surface area contributed by atoms with Crippen molar-refractivity contribution in [2.75, 3.05) is 33.3 Å². The van der Waals surface area contributed by atoms with Crippen LogP contribution in [0.25, 0.3) is 21.1 Å². The van der Waals surface area contributed by atoms with E-state index in [1.807, 2.05) is 24.3 Å². The Morgan fingerprint density at radius 2 is 2.08 bits per heavy atom. The predicted octanol–water partition coefficient (Wildman–Crippen LogP) is 3.67. The van der Waals surface area contributed by atoms with E-state index in [0.29, 0.717) is 0 Å². The van der Waals surface area contributed by atoms with Gasteiger partial charge in [0.2, 0.25) is 0 Å². The Labute approximate surface area is 157 Å². The van der Waals surface area contributed by atoms with Gasteiger partial charge in [0.15, 0.2) is 0 Å². The summed E-state index contributed by atoms with van der Waals surface area (Å²) in [6.45, 7) is 4.19. The van der Waals surface area contributed by atoms with E-state index < -0.39 is 0 Å². The molecule has 6 heteroatoms. The monoisotopic (exact) mass is 369 g/mol. The van der Waals surface area contributed by atoms with Crippen LogP contribution in [-0.2, 0) is 0 Å². The van der Waals surface area contributed by atoms with Crippen LogP contribution in [0.4, 0.5) is 0 Å². The van der Waals surface area contributed by atoms with Crippen molar-refractivity contribution in [3.63, 3.8) is 0 Å². The molecule has 0 unspecified atom stereocenters. The van der Waals surface area contributed by atoms with Crippen molar-refractivity contribution < 1.29 is 9.53 Å². The SMILES string of the molecule is COc1ccc2cc3cc(C(=O)NCCCN4CCCC4)sc3nc2c1. The highest BCUT2D eigenvalue weighted by Crippen LogP contribution is 2.29. The van der Waals surface area contributed by atoms with Crippen LogP contribution in [0.5, 0.6) is 5.75 Å². The third kappa shape index (κ3) is 3.66. The number of benzene rings is 1. The normalized spacial score (nSPS) is 15.0. The number of aromatic nitrogens is 1. The third-order valence-corrected chi connectivity index (χ3v) is 5.91. The molecule has 0 bridgehead atoms. The Morgan fingerprint density at radius 3 is 2.88 bits per heavy atom. The first kappa shape index (κ1) is 17.2. The lowest BCUT2D eigenvalue weighted by Crippen LogP contribution is -2.28. The molecule has 1 fully saturated rings. The number of nitrogens with zero attached hydrogens (tertiary/aromatic N) is 2. The van der Waals surface area contributed by atoms with Gasteiger partial charge < -0.3 is 15.0 Å². The van der Waals surface area contributed by atoms with Crippen molar-refractivity contribution >= 4 is 38.4 Å². The molecule has 1 aliphatic rings. The second-order valence-corrected chi connectivity index (χ2v) is 7.74. The summed E-state index contributed by atoms with van der Waals surface area (Å²) in [5.41, 5.74) is 0.885. The Hall–Kier alpha value is -2.18. The summed E-state index contributed by atoms with van der Waals surface area (Å²) in [4.78, 5) is 21.2. The van der Waals surface area contributed by atoms with Gasteiger partial charge in [0.1, 0.15) is 10.6 Å². The molecule has 3 heterocycles. The Balaban J connectivity index is 1.43. The van der Waals surface area contributed by atoms with E-state index in [-0.39, 0.29) is 5.91 Å². The lowest BCUT2D eigenvalue weighted by molar-refractivity contribution is 0.0956. The standard InChI is InChI=1S/C20H23N3O2S/c1-25-16-6-5-14-11-15-12-18(26-20(15)22-17(14)13-16)19(24)21-7-4-10-23-8-2-3-9-23/h5-6,11-13H,2-4,7-10H2,1H3,(H,21,24). The van der Waals surface area contributed by atoms with E-state index in [2.05, 4.69) is 21.3 Å². The van der Waals surface area contributed by atoms with Gasteiger partial charge in [0, 0.05) is 23.4 Å². The molecule has 0 spiro atoms. The first-order valence-electron chi connectivity index (χ1n) is 9.12. The molecule has 2 aromatic heterocycles. The lowest BCUT2D eigenvalue weighted by Gasteiger charge is -2.13. The molecule has 1 N–H and O–H groups in total. The zero-order valence-electron chi connectivity index (χ0n) is 15.0. The van der Waals surface area contributed by atoms with Crippen molar-refractivity contribution in [3.05, 3.63) is 35.2 Å². The summed E-state index contributed by atoms with van der Waals surface area (Å²) in [6, 6.07) is 9.86. The number of thiophene rings is 1. The fourth-order valence-corrected chi connectivity index (χ4v) is 4.38. The van der Waals surface area contributed by atoms with Crippen molar-refractivity contribution in [3.8, 4) is 5.75 Å². The highest BCUT2D eigenvalue weighted by Gasteiger charge is 2.13. The molecule has 136 valence electrons. The average Bonchev–Trinajstić information content (AvgIpc) is 3.31. The molecular formula is C20H23N3O2S. The quantitative estimate of drug-likeness (QED) is 0.674. The molecule has 0 aliphatic carbocycles. The third-order valence-electron chi connectivity index (χ3n) is 4.87. The largest absolute Gasteiger partial charge is 0.497 e. The lowest BCUT2D eigenvalue weighted by atomic mass is 10.2. The van der Waals surface area contributed by atoms with Crippen LogP contribution < -0.4 is 10.1 Å². The van der Waals surface area contributed by atoms with Crippen molar-refractivity contribution in [1.29, 1.82) is 0 Å². The first-order chi connectivity index (χ1) is 12.7. The maximum Gasteiger partial charge on any atom is 0.261 e. The summed E-state index contributed by atoms with van der Waals surface area (Å²) in [5, 5.41) is 5.10. The minimum absolute atomic E-state index is 0.00365. The number of carbonyl (C=O) groups excluding carboxylic acids is 1. The van der Waals surface area contributed by atoms with Crippen LogP contribution in [0.3, 0.4) is 0 Å². The topological polar surface area (TPSA) is 54.5 Å². The number of likely N-dealkylation sites (tertiary alicyclic amines) is 1. The molecular weight excluding hydrogens is 346 g/mol. The van der Waals surface area contributed by atoms with Gasteiger partial charge in [-0.05, 0) is 63.2 Å². The molecule has 3 aromatic rings. The van der Waals surface area contributed by atoms with Gasteiger partial charge in [0.05, 0.1) is 17.5 Å². The van der Waals surface area contributed by atoms with Crippen LogP contribution in [0.2, 0.25) is 0 Å². The summed E-state index contributed by atoms with van der Waals surface area (Å²) in [6.07, 6.45) is 3.61. The molecule has 1 amide bonds. The zero-order chi connectivity index (χ0) is 17.9. The second-order valence-electron chi connectivity index (χ2n) is 6.71. The minimum Gasteiger partial charge on any atom is -0.497 e. The molecule has 1 aliphatic heterocycles. The number of carbonyl (C=O) groups is 1. The van der Waals surface area contributed by atoms with Gasteiger partial charge >= 0.3 is 0 Å². The fourth-order valence-electron chi connectivity index (χ4n) is 3.44. The Bertz CT molecular complexity index is 931. The van der Waals surface area contributed by atoms with Gasteiger partial charge in [-0.2, -0.15) is 0 Å². The van der Waals surface area contributed by atoms with Gasteiger partial charge in [0.25, 0.3) is 5.91 Å². The second kappa shape index (κ2) is 7.60. The number of pyridine rings is 1. The van der Waals surface area contributed by atoms with E-state index in [4.69, 9.17) is 4.74 Å². The highest BCUT2D eigenvalue weighted by atomic mass is 32.1. The van der Waals surface area contributed by atoms with Crippen LogP contribution in [0, 0.1) is 0 Å². The Morgan fingerprint density at radius 1 is 1.23 bits per heavy atom. The molecule has 5 nitrogen and oxygen atoms in total. The van der Waals surface area contributed by atoms with Gasteiger partial charge in [-0.25, -0.2) is 4.98 Å². The number of ether oxygens (including phenoxy) is 1. The highest BCUT2D eigenvalue weighted by molar-refractivity contribution is 7.20. The maximum atomic E-state index is 12.4. The van der Waals surface area contributed by atoms with E-state index in [9.17, 15) is 4.79 Å². The van der Waals surface area contributed by atoms with Crippen LogP contribution >= 0.6 is 11.3 Å². The van der Waals surface area contributed by atoms with Crippen molar-refractivity contribution in [2.24, 2.45) is 0 Å². The number of methoxy groups -OCH3 is 1. The first-order valence-corrected chi connectivity index (χ1v) is 9.93. The van der Waals surface area contributed by atoms with Crippen LogP contribution in [0.1, 0.15) is 28.9 Å². The molecule has 1 saturated heterocycles. The molecule has 0 radical (unpaired) electrons. The number of fused-ring (bicyclic) bond motifs is 2. The van der Waals surface area contributed by atoms with Gasteiger partial charge in [-0.3, -0.25) is 4.79 Å². The molecule has 26 heavy (non-hydrogen) atoms. The summed E-state index contributed by atoms with van der Waals surface area (Å²) in [7, 11) is 1.65. The number of rotatable bonds is 6. The molecule has 1 aromatic carbocycles. The van der Waals surface area contributed by atoms with Crippen molar-refractivity contribution in [1.82, 2.24) is 15.2 Å². The zero-order valence-corrected chi connectivity index (χ0v) is 15.8. The van der Waals surface area contributed by atoms with Crippen molar-refractivity contribution in [2.45, 2.75) is 19.3 Å². The van der Waals surface area contributed by atoms with Crippen LogP contribution in [0.15, 0.2) is 30.3 Å². The minimum atomic E-state index is -0.00365. The van der Waals surface area contributed by atoms with Gasteiger partial charge in [-0.1, -0.05) is 0 Å². The summed E-state index contributed by atoms with van der Waals surface area (Å²) < 4.78 is 5.27. The van der Waals surface area contributed by atoms with Crippen LogP contribution in [-0.4, -0.2) is 49.1 Å². The molecule has 0 saturated carbocycles. The molecule has 0 atom stereocenters. The van der Waals surface area contributed by atoms with E-state index in [0.717, 1.165) is 51.3 Å². The fraction of sp³-hybridized carbons (Fsp3) is 0.400. The van der Waals surface area contributed by atoms with E-state index in [1.165, 1.54) is 37.3 Å². The smallest absolute Gasteiger partial charge is 0.261 e. The summed E-state index contributed by atoms with van der Waals surface area (Å²) in [5.74, 6) is 0.785. The predicted molar refractivity (Wildman–Crippen MR) is 106 cm³/mol. The van der Waals surface area contributed by atoms with E-state index in [1.54, 1.807) is 7.11 Å². The van der Waals surface area contributed by atoms with E-state index >= 15 is 0 Å². The number of nitrogens with one attached hydrogen (secondary N) is 1. The van der Waals surface area contributed by atoms with Gasteiger partial charge in [-0.15, -0.1) is 11.3 Å². The number of hydrogen-bond acceptors (Lipinski definition) is 5. The Kier molecular flexibility index (Phi) is 5.04. The maximum absolute atomic E-state index is 12.4. The average molecular weight is 369 g/mol. The number of hydrogen-bond donors (Lipinski definition) is 1. The molecule has 4 rings (SSSR count). The summed E-state index contributed by atoms with van der Waals surface area (Å²) >= 11 is 1.44.